The van der Waals surface area contributed by atoms with E-state index in [1.54, 1.807) is 12.1 Å². The van der Waals surface area contributed by atoms with Crippen LogP contribution in [0.15, 0.2) is 30.5 Å². The smallest absolute Gasteiger partial charge is 0.238 e. The van der Waals surface area contributed by atoms with Crippen LogP contribution in [0.5, 0.6) is 11.6 Å². The number of halogens is 2. The lowest BCUT2D eigenvalue weighted by atomic mass is 10.2. The van der Waals surface area contributed by atoms with E-state index < -0.39 is 5.82 Å². The van der Waals surface area contributed by atoms with E-state index in [9.17, 15) is 4.39 Å². The number of aryl methyl sites for hydroxylation is 1. The first-order valence-corrected chi connectivity index (χ1v) is 5.67. The molecule has 18 heavy (non-hydrogen) atoms. The van der Waals surface area contributed by atoms with Gasteiger partial charge in [0, 0.05) is 6.20 Å². The third-order valence-electron chi connectivity index (χ3n) is 2.34. The monoisotopic (exact) mass is 267 g/mol. The van der Waals surface area contributed by atoms with Crippen molar-refractivity contribution in [1.29, 1.82) is 0 Å². The van der Waals surface area contributed by atoms with Gasteiger partial charge in [0.25, 0.3) is 0 Å². The summed E-state index contributed by atoms with van der Waals surface area (Å²) in [6.07, 6.45) is 1.43. The molecule has 1 heterocycles. The van der Waals surface area contributed by atoms with Crippen molar-refractivity contribution in [2.75, 3.05) is 0 Å². The summed E-state index contributed by atoms with van der Waals surface area (Å²) in [4.78, 5) is 3.93. The third kappa shape index (κ3) is 2.78. The van der Waals surface area contributed by atoms with E-state index in [-0.39, 0.29) is 23.3 Å². The summed E-state index contributed by atoms with van der Waals surface area (Å²) in [7, 11) is 0. The van der Waals surface area contributed by atoms with E-state index in [2.05, 4.69) is 4.98 Å². The number of pyridine rings is 1. The minimum Gasteiger partial charge on any atom is -0.434 e. The Bertz CT molecular complexity index is 575. The van der Waals surface area contributed by atoms with Gasteiger partial charge in [-0.1, -0.05) is 17.7 Å². The Labute approximate surface area is 109 Å². The zero-order chi connectivity index (χ0) is 13.1. The number of rotatable bonds is 3. The van der Waals surface area contributed by atoms with Crippen LogP contribution in [0.1, 0.15) is 11.1 Å². The molecule has 0 saturated carbocycles. The molecule has 1 N–H and O–H groups in total. The van der Waals surface area contributed by atoms with Gasteiger partial charge in [0.2, 0.25) is 5.88 Å². The number of hydrogen-bond acceptors (Lipinski definition) is 3. The van der Waals surface area contributed by atoms with E-state index in [1.165, 1.54) is 18.3 Å². The SMILES string of the molecule is Cc1ccc(F)c(Oc2ncc(CO)cc2Cl)c1. The molecule has 94 valence electrons. The molecule has 0 aliphatic carbocycles. The highest BCUT2D eigenvalue weighted by atomic mass is 35.5. The second-order valence-electron chi connectivity index (χ2n) is 3.82. The molecule has 2 rings (SSSR count). The van der Waals surface area contributed by atoms with Gasteiger partial charge in [0.15, 0.2) is 11.6 Å². The fourth-order valence-corrected chi connectivity index (χ4v) is 1.65. The molecule has 0 saturated heterocycles. The van der Waals surface area contributed by atoms with E-state index >= 15 is 0 Å². The van der Waals surface area contributed by atoms with Crippen molar-refractivity contribution in [2.24, 2.45) is 0 Å². The summed E-state index contributed by atoms with van der Waals surface area (Å²) >= 11 is 5.93. The van der Waals surface area contributed by atoms with Crippen molar-refractivity contribution < 1.29 is 14.2 Å². The van der Waals surface area contributed by atoms with Crippen LogP contribution in [0, 0.1) is 12.7 Å². The highest BCUT2D eigenvalue weighted by Crippen LogP contribution is 2.29. The van der Waals surface area contributed by atoms with Gasteiger partial charge in [-0.15, -0.1) is 0 Å². The molecule has 1 aromatic carbocycles. The maximum absolute atomic E-state index is 13.5. The van der Waals surface area contributed by atoms with Gasteiger partial charge in [-0.25, -0.2) is 9.37 Å². The van der Waals surface area contributed by atoms with Crippen LogP contribution in [0.4, 0.5) is 4.39 Å². The minimum absolute atomic E-state index is 0.0705. The lowest BCUT2D eigenvalue weighted by molar-refractivity contribution is 0.281. The molecule has 1 aromatic heterocycles. The van der Waals surface area contributed by atoms with Gasteiger partial charge in [0.05, 0.1) is 6.61 Å². The summed E-state index contributed by atoms with van der Waals surface area (Å²) in [5.74, 6) is -0.302. The zero-order valence-electron chi connectivity index (χ0n) is 9.65. The third-order valence-corrected chi connectivity index (χ3v) is 2.61. The highest BCUT2D eigenvalue weighted by molar-refractivity contribution is 6.31. The summed E-state index contributed by atoms with van der Waals surface area (Å²) in [6.45, 7) is 1.67. The van der Waals surface area contributed by atoms with Crippen molar-refractivity contribution in [2.45, 2.75) is 13.5 Å². The molecule has 0 unspecified atom stereocenters. The summed E-state index contributed by atoms with van der Waals surface area (Å²) in [5.41, 5.74) is 1.44. The maximum Gasteiger partial charge on any atom is 0.238 e. The standard InChI is InChI=1S/C13H11ClFNO2/c1-8-2-3-11(15)12(4-8)18-13-10(14)5-9(7-17)6-16-13/h2-6,17H,7H2,1H3. The molecule has 0 aliphatic heterocycles. The van der Waals surface area contributed by atoms with Crippen molar-refractivity contribution in [1.82, 2.24) is 4.98 Å². The van der Waals surface area contributed by atoms with Crippen LogP contribution < -0.4 is 4.74 Å². The largest absolute Gasteiger partial charge is 0.434 e. The summed E-state index contributed by atoms with van der Waals surface area (Å²) in [5, 5.41) is 9.15. The molecule has 5 heteroatoms. The number of aliphatic hydroxyl groups is 1. The van der Waals surface area contributed by atoms with Gasteiger partial charge in [0.1, 0.15) is 5.02 Å². The molecule has 0 amide bonds. The Hall–Kier alpha value is -1.65. The quantitative estimate of drug-likeness (QED) is 0.926. The second-order valence-corrected chi connectivity index (χ2v) is 4.23. The zero-order valence-corrected chi connectivity index (χ0v) is 10.4. The highest BCUT2D eigenvalue weighted by Gasteiger charge is 2.09. The fraction of sp³-hybridized carbons (Fsp3) is 0.154. The predicted octanol–water partition coefficient (Wildman–Crippen LogP) is 3.47. The van der Waals surface area contributed by atoms with E-state index in [0.29, 0.717) is 5.56 Å². The molecule has 0 radical (unpaired) electrons. The average Bonchev–Trinajstić information content (AvgIpc) is 2.36. The van der Waals surface area contributed by atoms with Crippen molar-refractivity contribution in [3.63, 3.8) is 0 Å². The fourth-order valence-electron chi connectivity index (χ4n) is 1.42. The minimum atomic E-state index is -0.482. The first-order valence-electron chi connectivity index (χ1n) is 5.29. The molecule has 0 atom stereocenters. The van der Waals surface area contributed by atoms with Gasteiger partial charge < -0.3 is 9.84 Å². The van der Waals surface area contributed by atoms with Gasteiger partial charge in [-0.05, 0) is 36.2 Å². The van der Waals surface area contributed by atoms with Crippen LogP contribution in [0.2, 0.25) is 5.02 Å². The number of hydrogen-bond donors (Lipinski definition) is 1. The topological polar surface area (TPSA) is 42.4 Å². The summed E-state index contributed by atoms with van der Waals surface area (Å²) < 4.78 is 18.8. The molecular formula is C13H11ClFNO2. The molecule has 0 bridgehead atoms. The Balaban J connectivity index is 2.31. The first-order chi connectivity index (χ1) is 8.60. The van der Waals surface area contributed by atoms with Gasteiger partial charge in [-0.3, -0.25) is 0 Å². The average molecular weight is 268 g/mol. The number of ether oxygens (including phenoxy) is 1. The Kier molecular flexibility index (Phi) is 3.79. The first kappa shape index (κ1) is 12.8. The molecule has 2 aromatic rings. The van der Waals surface area contributed by atoms with Crippen LogP contribution in [0.25, 0.3) is 0 Å². The van der Waals surface area contributed by atoms with E-state index in [0.717, 1.165) is 5.56 Å². The number of benzene rings is 1. The van der Waals surface area contributed by atoms with E-state index in [1.807, 2.05) is 6.92 Å². The van der Waals surface area contributed by atoms with E-state index in [4.69, 9.17) is 21.4 Å². The predicted molar refractivity (Wildman–Crippen MR) is 66.4 cm³/mol. The Morgan fingerprint density at radius 1 is 1.39 bits per heavy atom. The lowest BCUT2D eigenvalue weighted by Crippen LogP contribution is -1.94. The Morgan fingerprint density at radius 3 is 2.83 bits per heavy atom. The van der Waals surface area contributed by atoms with Crippen LogP contribution in [-0.4, -0.2) is 10.1 Å². The molecule has 0 spiro atoms. The number of aromatic nitrogens is 1. The van der Waals surface area contributed by atoms with Crippen LogP contribution in [-0.2, 0) is 6.61 Å². The Morgan fingerprint density at radius 2 is 2.17 bits per heavy atom. The van der Waals surface area contributed by atoms with Crippen molar-refractivity contribution in [3.8, 4) is 11.6 Å². The van der Waals surface area contributed by atoms with Crippen LogP contribution >= 0.6 is 11.6 Å². The number of nitrogens with zero attached hydrogens (tertiary/aromatic N) is 1. The van der Waals surface area contributed by atoms with Crippen molar-refractivity contribution >= 4 is 11.6 Å². The van der Waals surface area contributed by atoms with Gasteiger partial charge in [-0.2, -0.15) is 0 Å². The molecule has 3 nitrogen and oxygen atoms in total. The second kappa shape index (κ2) is 5.33. The maximum atomic E-state index is 13.5. The van der Waals surface area contributed by atoms with Gasteiger partial charge >= 0.3 is 0 Å². The number of aliphatic hydroxyl groups excluding tert-OH is 1. The summed E-state index contributed by atoms with van der Waals surface area (Å²) in [6, 6.07) is 6.05. The molecule has 0 fully saturated rings. The normalized spacial score (nSPS) is 10.4. The van der Waals surface area contributed by atoms with Crippen molar-refractivity contribution in [3.05, 3.63) is 52.4 Å². The molecular weight excluding hydrogens is 257 g/mol. The van der Waals surface area contributed by atoms with Crippen LogP contribution in [0.3, 0.4) is 0 Å². The lowest BCUT2D eigenvalue weighted by Gasteiger charge is -2.08. The molecule has 0 aliphatic rings.